The fourth-order valence-corrected chi connectivity index (χ4v) is 3.57. The fourth-order valence-electron chi connectivity index (χ4n) is 2.71. The van der Waals surface area contributed by atoms with Crippen LogP contribution in [0.4, 0.5) is 13.2 Å². The van der Waals surface area contributed by atoms with E-state index in [2.05, 4.69) is 5.32 Å². The molecule has 128 valence electrons. The number of hydrogen-bond acceptors (Lipinski definition) is 3. The van der Waals surface area contributed by atoms with Crippen LogP contribution in [0.1, 0.15) is 16.5 Å². The van der Waals surface area contributed by atoms with Gasteiger partial charge in [-0.15, -0.1) is 36.2 Å². The summed E-state index contributed by atoms with van der Waals surface area (Å²) in [6, 6.07) is 4.71. The molecule has 3 rings (SSSR count). The molecule has 1 aliphatic rings. The van der Waals surface area contributed by atoms with E-state index in [0.717, 1.165) is 30.1 Å². The molecule has 0 amide bonds. The average molecular weight is 385 g/mol. The topological polar surface area (TPSA) is 15.3 Å². The molecule has 8 heteroatoms. The smallest absolute Gasteiger partial charge is 0.134 e. The molecule has 0 bridgehead atoms. The van der Waals surface area contributed by atoms with Crippen molar-refractivity contribution >= 4 is 36.2 Å². The molecule has 1 saturated heterocycles. The van der Waals surface area contributed by atoms with Gasteiger partial charge in [0, 0.05) is 48.8 Å². The highest BCUT2D eigenvalue weighted by Crippen LogP contribution is 2.35. The lowest BCUT2D eigenvalue weighted by Gasteiger charge is -2.35. The van der Waals surface area contributed by atoms with E-state index in [0.29, 0.717) is 13.1 Å². The second-order valence-electron chi connectivity index (χ2n) is 4.99. The van der Waals surface area contributed by atoms with E-state index >= 15 is 0 Å². The average Bonchev–Trinajstić information content (AvgIpc) is 2.97. The van der Waals surface area contributed by atoms with Gasteiger partial charge in [0.2, 0.25) is 0 Å². The zero-order valence-corrected chi connectivity index (χ0v) is 14.5. The quantitative estimate of drug-likeness (QED) is 0.859. The van der Waals surface area contributed by atoms with Crippen molar-refractivity contribution in [3.63, 3.8) is 0 Å². The fraction of sp³-hybridized carbons (Fsp3) is 0.333. The van der Waals surface area contributed by atoms with Crippen molar-refractivity contribution in [2.24, 2.45) is 0 Å². The first-order chi connectivity index (χ1) is 10.2. The summed E-state index contributed by atoms with van der Waals surface area (Å²) in [6.45, 7) is 2.93. The number of halogens is 5. The highest BCUT2D eigenvalue weighted by atomic mass is 35.5. The van der Waals surface area contributed by atoms with Crippen LogP contribution in [0.25, 0.3) is 0 Å². The molecule has 1 aliphatic heterocycles. The van der Waals surface area contributed by atoms with E-state index in [-0.39, 0.29) is 30.4 Å². The summed E-state index contributed by atoms with van der Waals surface area (Å²) >= 11 is 1.45. The highest BCUT2D eigenvalue weighted by Gasteiger charge is 2.30. The third-order valence-corrected chi connectivity index (χ3v) is 4.57. The van der Waals surface area contributed by atoms with Gasteiger partial charge in [0.05, 0.1) is 6.04 Å². The number of benzene rings is 1. The van der Waals surface area contributed by atoms with Gasteiger partial charge >= 0.3 is 0 Å². The molecule has 1 fully saturated rings. The van der Waals surface area contributed by atoms with Gasteiger partial charge in [0.15, 0.2) is 0 Å². The molecule has 0 aliphatic carbocycles. The van der Waals surface area contributed by atoms with Crippen LogP contribution in [-0.4, -0.2) is 31.1 Å². The van der Waals surface area contributed by atoms with Gasteiger partial charge in [-0.25, -0.2) is 13.2 Å². The predicted molar refractivity (Wildman–Crippen MR) is 91.4 cm³/mol. The number of thiophene rings is 1. The van der Waals surface area contributed by atoms with Gasteiger partial charge in [-0.3, -0.25) is 4.90 Å². The first-order valence-electron chi connectivity index (χ1n) is 6.79. The van der Waals surface area contributed by atoms with Crippen molar-refractivity contribution in [1.29, 1.82) is 0 Å². The number of piperazine rings is 1. The number of nitrogens with zero attached hydrogens (tertiary/aromatic N) is 1. The lowest BCUT2D eigenvalue weighted by atomic mass is 10.0. The van der Waals surface area contributed by atoms with Crippen LogP contribution >= 0.6 is 36.2 Å². The Labute approximate surface area is 149 Å². The minimum absolute atomic E-state index is 0. The van der Waals surface area contributed by atoms with E-state index in [1.807, 2.05) is 22.4 Å². The Morgan fingerprint density at radius 3 is 2.17 bits per heavy atom. The molecule has 0 unspecified atom stereocenters. The molecule has 2 aromatic rings. The molecule has 0 radical (unpaired) electrons. The maximum atomic E-state index is 14.2. The minimum atomic E-state index is -0.890. The molecule has 1 aromatic heterocycles. The van der Waals surface area contributed by atoms with Gasteiger partial charge in [-0.05, 0) is 11.4 Å². The Hall–Kier alpha value is -0.790. The minimum Gasteiger partial charge on any atom is -0.314 e. The Morgan fingerprint density at radius 2 is 1.65 bits per heavy atom. The van der Waals surface area contributed by atoms with Gasteiger partial charge < -0.3 is 5.32 Å². The lowest BCUT2D eigenvalue weighted by Crippen LogP contribution is -2.45. The Kier molecular flexibility index (Phi) is 7.83. The molecule has 0 saturated carbocycles. The normalized spacial score (nSPS) is 16.3. The van der Waals surface area contributed by atoms with Crippen LogP contribution in [0.5, 0.6) is 0 Å². The van der Waals surface area contributed by atoms with E-state index in [4.69, 9.17) is 0 Å². The molecule has 1 atom stereocenters. The third kappa shape index (κ3) is 4.39. The van der Waals surface area contributed by atoms with Crippen LogP contribution in [0, 0.1) is 17.5 Å². The summed E-state index contributed by atoms with van der Waals surface area (Å²) in [5.41, 5.74) is -0.0688. The summed E-state index contributed by atoms with van der Waals surface area (Å²) < 4.78 is 41.5. The molecule has 0 spiro atoms. The summed E-state index contributed by atoms with van der Waals surface area (Å²) in [7, 11) is 0. The van der Waals surface area contributed by atoms with Crippen molar-refractivity contribution < 1.29 is 13.2 Å². The number of nitrogens with one attached hydrogen (secondary N) is 1. The summed E-state index contributed by atoms with van der Waals surface area (Å²) in [6.07, 6.45) is 0. The number of rotatable bonds is 3. The Bertz CT molecular complexity index is 596. The monoisotopic (exact) mass is 384 g/mol. The van der Waals surface area contributed by atoms with Gasteiger partial charge in [0.1, 0.15) is 17.5 Å². The summed E-state index contributed by atoms with van der Waals surface area (Å²) in [4.78, 5) is 2.89. The standard InChI is InChI=1S/C15H15F3N2S.2ClH/c16-10-8-11(17)14(12(18)9-10)15(13-2-1-7-21-13)20-5-3-19-4-6-20;;/h1-2,7-9,15,19H,3-6H2;2*1H/t15-;;/m0../s1. The zero-order valence-electron chi connectivity index (χ0n) is 12.1. The summed E-state index contributed by atoms with van der Waals surface area (Å²) in [5.74, 6) is -2.55. The van der Waals surface area contributed by atoms with Crippen molar-refractivity contribution in [3.05, 3.63) is 57.5 Å². The predicted octanol–water partition coefficient (Wildman–Crippen LogP) is 4.00. The molecule has 23 heavy (non-hydrogen) atoms. The highest BCUT2D eigenvalue weighted by molar-refractivity contribution is 7.10. The van der Waals surface area contributed by atoms with Crippen LogP contribution in [-0.2, 0) is 0 Å². The largest absolute Gasteiger partial charge is 0.314 e. The summed E-state index contributed by atoms with van der Waals surface area (Å²) in [5, 5.41) is 5.10. The SMILES string of the molecule is Cl.Cl.Fc1cc(F)c([C@H](c2cccs2)N2CCNCC2)c(F)c1. The van der Waals surface area contributed by atoms with E-state index in [1.165, 1.54) is 11.3 Å². The molecule has 2 nitrogen and oxygen atoms in total. The molecular formula is C15H17Cl2F3N2S. The first kappa shape index (κ1) is 20.3. The maximum Gasteiger partial charge on any atom is 0.134 e. The zero-order chi connectivity index (χ0) is 14.8. The molecule has 1 N–H and O–H groups in total. The van der Waals surface area contributed by atoms with E-state index in [9.17, 15) is 13.2 Å². The second kappa shape index (κ2) is 8.89. The van der Waals surface area contributed by atoms with Gasteiger partial charge in [-0.1, -0.05) is 6.07 Å². The van der Waals surface area contributed by atoms with Crippen LogP contribution in [0.3, 0.4) is 0 Å². The third-order valence-electron chi connectivity index (χ3n) is 3.65. The second-order valence-corrected chi connectivity index (χ2v) is 5.97. The van der Waals surface area contributed by atoms with E-state index in [1.54, 1.807) is 0 Å². The van der Waals surface area contributed by atoms with Crippen molar-refractivity contribution in [3.8, 4) is 0 Å². The van der Waals surface area contributed by atoms with Crippen LogP contribution < -0.4 is 5.32 Å². The maximum absolute atomic E-state index is 14.2. The molecule has 2 heterocycles. The van der Waals surface area contributed by atoms with Crippen molar-refractivity contribution in [1.82, 2.24) is 10.2 Å². The van der Waals surface area contributed by atoms with E-state index < -0.39 is 23.5 Å². The molecular weight excluding hydrogens is 368 g/mol. The van der Waals surface area contributed by atoms with Crippen LogP contribution in [0.2, 0.25) is 0 Å². The first-order valence-corrected chi connectivity index (χ1v) is 7.67. The molecule has 1 aromatic carbocycles. The van der Waals surface area contributed by atoms with Crippen LogP contribution in [0.15, 0.2) is 29.6 Å². The van der Waals surface area contributed by atoms with Gasteiger partial charge in [-0.2, -0.15) is 0 Å². The Morgan fingerprint density at radius 1 is 1.04 bits per heavy atom. The van der Waals surface area contributed by atoms with Gasteiger partial charge in [0.25, 0.3) is 0 Å². The lowest BCUT2D eigenvalue weighted by molar-refractivity contribution is 0.194. The Balaban J connectivity index is 0.00000132. The van der Waals surface area contributed by atoms with Crippen molar-refractivity contribution in [2.75, 3.05) is 26.2 Å². The number of hydrogen-bond donors (Lipinski definition) is 1. The van der Waals surface area contributed by atoms with Crippen molar-refractivity contribution in [2.45, 2.75) is 6.04 Å².